The van der Waals surface area contributed by atoms with Gasteiger partial charge >= 0.3 is 5.97 Å². The van der Waals surface area contributed by atoms with Crippen molar-refractivity contribution in [3.8, 4) is 0 Å². The zero-order valence-corrected chi connectivity index (χ0v) is 9.04. The van der Waals surface area contributed by atoms with E-state index < -0.39 is 5.97 Å². The van der Waals surface area contributed by atoms with Crippen LogP contribution in [-0.2, 0) is 0 Å². The molecule has 0 saturated carbocycles. The molecule has 0 aliphatic carbocycles. The number of aromatic carboxylic acids is 1. The van der Waals surface area contributed by atoms with Crippen LogP contribution in [0.4, 0.5) is 0 Å². The molecule has 1 heterocycles. The van der Waals surface area contributed by atoms with E-state index in [0.29, 0.717) is 15.4 Å². The van der Waals surface area contributed by atoms with Gasteiger partial charge in [-0.25, -0.2) is 4.79 Å². The first-order valence-electron chi connectivity index (χ1n) is 4.14. The lowest BCUT2D eigenvalue weighted by molar-refractivity contribution is 0.0697. The predicted molar refractivity (Wildman–Crippen MR) is 59.2 cm³/mol. The van der Waals surface area contributed by atoms with Crippen LogP contribution in [0, 0.1) is 0 Å². The normalized spacial score (nSPS) is 10.5. The van der Waals surface area contributed by atoms with E-state index in [-0.39, 0.29) is 11.0 Å². The molecular weight excluding hydrogens is 262 g/mol. The van der Waals surface area contributed by atoms with Gasteiger partial charge in [0.05, 0.1) is 10.0 Å². The summed E-state index contributed by atoms with van der Waals surface area (Å²) in [7, 11) is 0. The van der Waals surface area contributed by atoms with E-state index in [2.05, 4.69) is 20.9 Å². The zero-order chi connectivity index (χ0) is 11.0. The van der Waals surface area contributed by atoms with Gasteiger partial charge in [-0.2, -0.15) is 0 Å². The fourth-order valence-electron chi connectivity index (χ4n) is 1.33. The predicted octanol–water partition coefficient (Wildman–Crippen LogP) is 1.99. The number of aromatic amines is 1. The minimum Gasteiger partial charge on any atom is -0.478 e. The summed E-state index contributed by atoms with van der Waals surface area (Å²) in [6.07, 6.45) is 1.53. The molecule has 76 valence electrons. The van der Waals surface area contributed by atoms with Crippen molar-refractivity contribution in [2.45, 2.75) is 0 Å². The molecule has 0 aliphatic heterocycles. The van der Waals surface area contributed by atoms with Crippen molar-refractivity contribution in [3.63, 3.8) is 0 Å². The van der Waals surface area contributed by atoms with Crippen LogP contribution < -0.4 is 5.43 Å². The third kappa shape index (κ3) is 1.66. The summed E-state index contributed by atoms with van der Waals surface area (Å²) in [4.78, 5) is 25.2. The largest absolute Gasteiger partial charge is 0.478 e. The highest BCUT2D eigenvalue weighted by Crippen LogP contribution is 2.13. The molecule has 1 aromatic carbocycles. The fraction of sp³-hybridized carbons (Fsp3) is 0. The van der Waals surface area contributed by atoms with Crippen LogP contribution in [-0.4, -0.2) is 16.1 Å². The van der Waals surface area contributed by atoms with Crippen molar-refractivity contribution in [1.29, 1.82) is 0 Å². The Morgan fingerprint density at radius 1 is 1.40 bits per heavy atom. The molecule has 0 aliphatic rings. The van der Waals surface area contributed by atoms with E-state index in [1.165, 1.54) is 18.3 Å². The molecule has 0 atom stereocenters. The number of rotatable bonds is 1. The standard InChI is InChI=1S/C10H6BrNO3/c11-7-4-12-8-2-1-5(10(14)15)3-6(8)9(7)13/h1-4H,(H,12,13)(H,14,15). The van der Waals surface area contributed by atoms with Crippen LogP contribution in [0.2, 0.25) is 0 Å². The van der Waals surface area contributed by atoms with Crippen molar-refractivity contribution < 1.29 is 9.90 Å². The van der Waals surface area contributed by atoms with Crippen molar-refractivity contribution in [1.82, 2.24) is 4.98 Å². The minimum atomic E-state index is -1.05. The number of fused-ring (bicyclic) bond motifs is 1. The number of hydrogen-bond donors (Lipinski definition) is 2. The minimum absolute atomic E-state index is 0.103. The lowest BCUT2D eigenvalue weighted by atomic mass is 10.1. The number of carbonyl (C=O) groups is 1. The number of benzene rings is 1. The quantitative estimate of drug-likeness (QED) is 0.830. The number of nitrogens with one attached hydrogen (secondary N) is 1. The first kappa shape index (κ1) is 9.92. The van der Waals surface area contributed by atoms with Gasteiger partial charge in [-0.1, -0.05) is 0 Å². The lowest BCUT2D eigenvalue weighted by Gasteiger charge is -1.99. The van der Waals surface area contributed by atoms with Crippen LogP contribution in [0.15, 0.2) is 33.7 Å². The second-order valence-corrected chi connectivity index (χ2v) is 3.89. The van der Waals surface area contributed by atoms with Crippen LogP contribution in [0.3, 0.4) is 0 Å². The molecule has 4 nitrogen and oxygen atoms in total. The van der Waals surface area contributed by atoms with Crippen molar-refractivity contribution >= 4 is 32.8 Å². The average Bonchev–Trinajstić information content (AvgIpc) is 2.23. The molecule has 0 saturated heterocycles. The molecule has 0 spiro atoms. The molecular formula is C10H6BrNO3. The summed E-state index contributed by atoms with van der Waals surface area (Å²) in [5.41, 5.74) is 0.506. The SMILES string of the molecule is O=C(O)c1ccc2[nH]cc(Br)c(=O)c2c1. The summed E-state index contributed by atoms with van der Waals surface area (Å²) in [6, 6.07) is 4.39. The molecule has 15 heavy (non-hydrogen) atoms. The summed E-state index contributed by atoms with van der Waals surface area (Å²) >= 11 is 3.09. The second kappa shape index (κ2) is 3.51. The van der Waals surface area contributed by atoms with Gasteiger partial charge < -0.3 is 10.1 Å². The Balaban J connectivity index is 2.85. The summed E-state index contributed by atoms with van der Waals surface area (Å²) in [5.74, 6) is -1.05. The number of hydrogen-bond acceptors (Lipinski definition) is 2. The average molecular weight is 268 g/mol. The molecule has 2 N–H and O–H groups in total. The first-order valence-corrected chi connectivity index (χ1v) is 4.93. The van der Waals surface area contributed by atoms with E-state index in [4.69, 9.17) is 5.11 Å². The van der Waals surface area contributed by atoms with Crippen LogP contribution in [0.1, 0.15) is 10.4 Å². The van der Waals surface area contributed by atoms with Crippen molar-refractivity contribution in [2.75, 3.05) is 0 Å². The first-order chi connectivity index (χ1) is 7.09. The van der Waals surface area contributed by atoms with Crippen LogP contribution in [0.5, 0.6) is 0 Å². The molecule has 1 aromatic heterocycles. The van der Waals surface area contributed by atoms with Gasteiger partial charge in [-0.15, -0.1) is 0 Å². The summed E-state index contributed by atoms with van der Waals surface area (Å²) in [5, 5.41) is 9.15. The molecule has 2 aromatic rings. The van der Waals surface area contributed by atoms with E-state index in [0.717, 1.165) is 0 Å². The van der Waals surface area contributed by atoms with Gasteiger partial charge in [0.15, 0.2) is 0 Å². The second-order valence-electron chi connectivity index (χ2n) is 3.03. The number of pyridine rings is 1. The molecule has 5 heteroatoms. The maximum absolute atomic E-state index is 11.6. The maximum atomic E-state index is 11.6. The van der Waals surface area contributed by atoms with Crippen molar-refractivity contribution in [2.24, 2.45) is 0 Å². The summed E-state index contributed by atoms with van der Waals surface area (Å²) in [6.45, 7) is 0. The van der Waals surface area contributed by atoms with Gasteiger partial charge in [0.1, 0.15) is 0 Å². The zero-order valence-electron chi connectivity index (χ0n) is 7.45. The number of aromatic nitrogens is 1. The highest BCUT2D eigenvalue weighted by molar-refractivity contribution is 9.10. The Kier molecular flexibility index (Phi) is 2.32. The maximum Gasteiger partial charge on any atom is 0.335 e. The number of carboxylic acids is 1. The van der Waals surface area contributed by atoms with E-state index in [1.807, 2.05) is 0 Å². The molecule has 2 rings (SSSR count). The molecule has 0 fully saturated rings. The molecule has 0 unspecified atom stereocenters. The van der Waals surface area contributed by atoms with Gasteiger partial charge in [0, 0.05) is 17.1 Å². The van der Waals surface area contributed by atoms with Gasteiger partial charge in [0.2, 0.25) is 5.43 Å². The third-order valence-electron chi connectivity index (χ3n) is 2.08. The van der Waals surface area contributed by atoms with Gasteiger partial charge in [0.25, 0.3) is 0 Å². The number of H-pyrrole nitrogens is 1. The number of carboxylic acid groups (broad SMARTS) is 1. The Labute approximate surface area is 92.7 Å². The Hall–Kier alpha value is -1.62. The van der Waals surface area contributed by atoms with E-state index >= 15 is 0 Å². The Bertz CT molecular complexity index is 603. The Morgan fingerprint density at radius 3 is 2.80 bits per heavy atom. The van der Waals surface area contributed by atoms with Crippen LogP contribution in [0.25, 0.3) is 10.9 Å². The number of halogens is 1. The van der Waals surface area contributed by atoms with Crippen molar-refractivity contribution in [3.05, 3.63) is 44.7 Å². The van der Waals surface area contributed by atoms with E-state index in [9.17, 15) is 9.59 Å². The Morgan fingerprint density at radius 2 is 2.13 bits per heavy atom. The third-order valence-corrected chi connectivity index (χ3v) is 2.67. The lowest BCUT2D eigenvalue weighted by Crippen LogP contribution is -2.05. The molecule has 0 radical (unpaired) electrons. The smallest absolute Gasteiger partial charge is 0.335 e. The summed E-state index contributed by atoms with van der Waals surface area (Å²) < 4.78 is 0.387. The monoisotopic (exact) mass is 267 g/mol. The fourth-order valence-corrected chi connectivity index (χ4v) is 1.65. The van der Waals surface area contributed by atoms with Gasteiger partial charge in [-0.05, 0) is 34.1 Å². The van der Waals surface area contributed by atoms with Gasteiger partial charge in [-0.3, -0.25) is 4.79 Å². The highest BCUT2D eigenvalue weighted by Gasteiger charge is 2.07. The van der Waals surface area contributed by atoms with E-state index in [1.54, 1.807) is 6.07 Å². The molecule has 0 bridgehead atoms. The topological polar surface area (TPSA) is 70.2 Å². The van der Waals surface area contributed by atoms with Crippen LogP contribution >= 0.6 is 15.9 Å². The molecule has 0 amide bonds. The highest BCUT2D eigenvalue weighted by atomic mass is 79.9.